The quantitative estimate of drug-likeness (QED) is 0.263. The predicted molar refractivity (Wildman–Crippen MR) is 144 cm³/mol. The summed E-state index contributed by atoms with van der Waals surface area (Å²) in [4.78, 5) is 12.7. The van der Waals surface area contributed by atoms with Gasteiger partial charge in [0.1, 0.15) is 12.3 Å². The number of hydrogen-bond acceptors (Lipinski definition) is 8. The number of para-hydroxylation sites is 1. The number of hydrogen-bond donors (Lipinski definition) is 0. The molecule has 5 rings (SSSR count). The van der Waals surface area contributed by atoms with Gasteiger partial charge in [0.2, 0.25) is 0 Å². The van der Waals surface area contributed by atoms with Gasteiger partial charge in [0.25, 0.3) is 0 Å². The van der Waals surface area contributed by atoms with E-state index >= 15 is 0 Å². The summed E-state index contributed by atoms with van der Waals surface area (Å²) in [7, 11) is 4.82. The fourth-order valence-electron chi connectivity index (χ4n) is 4.80. The van der Waals surface area contributed by atoms with Crippen LogP contribution in [0.25, 0.3) is 5.69 Å². The first-order valence-electron chi connectivity index (χ1n) is 12.7. The molecule has 2 atom stereocenters. The Bertz CT molecular complexity index is 1420. The van der Waals surface area contributed by atoms with Gasteiger partial charge in [-0.25, -0.2) is 4.68 Å². The minimum absolute atomic E-state index is 0.0461. The van der Waals surface area contributed by atoms with Crippen LogP contribution >= 0.6 is 0 Å². The van der Waals surface area contributed by atoms with Crippen LogP contribution in [0.15, 0.2) is 72.9 Å². The van der Waals surface area contributed by atoms with Crippen LogP contribution in [-0.4, -0.2) is 48.9 Å². The zero-order valence-corrected chi connectivity index (χ0v) is 22.2. The minimum atomic E-state index is -0.261. The highest BCUT2D eigenvalue weighted by Gasteiger charge is 2.37. The predicted octanol–water partition coefficient (Wildman–Crippen LogP) is 4.45. The van der Waals surface area contributed by atoms with E-state index in [1.807, 2.05) is 72.9 Å². The van der Waals surface area contributed by atoms with Gasteiger partial charge >= 0.3 is 5.97 Å². The van der Waals surface area contributed by atoms with Crippen LogP contribution in [0, 0.1) is 11.8 Å². The van der Waals surface area contributed by atoms with Gasteiger partial charge in [-0.3, -0.25) is 4.79 Å². The van der Waals surface area contributed by atoms with Gasteiger partial charge < -0.3 is 23.7 Å². The summed E-state index contributed by atoms with van der Waals surface area (Å²) >= 11 is 0. The normalized spacial score (nSPS) is 16.5. The van der Waals surface area contributed by atoms with Crippen LogP contribution < -0.4 is 18.9 Å². The molecule has 39 heavy (non-hydrogen) atoms. The molecule has 3 aromatic carbocycles. The zero-order chi connectivity index (χ0) is 27.2. The molecule has 1 aromatic heterocycles. The molecule has 0 bridgehead atoms. The molecule has 0 amide bonds. The Morgan fingerprint density at radius 1 is 0.846 bits per heavy atom. The van der Waals surface area contributed by atoms with E-state index in [0.29, 0.717) is 48.1 Å². The van der Waals surface area contributed by atoms with Crippen molar-refractivity contribution in [2.24, 2.45) is 11.8 Å². The summed E-state index contributed by atoms with van der Waals surface area (Å²) in [5, 5.41) is 8.38. The van der Waals surface area contributed by atoms with Crippen molar-refractivity contribution in [3.8, 4) is 28.7 Å². The molecule has 9 heteroatoms. The van der Waals surface area contributed by atoms with E-state index in [1.54, 1.807) is 26.0 Å². The Kier molecular flexibility index (Phi) is 7.96. The summed E-state index contributed by atoms with van der Waals surface area (Å²) in [5.74, 6) is 2.12. The Labute approximate surface area is 227 Å². The Hall–Kier alpha value is -4.53. The monoisotopic (exact) mass is 529 g/mol. The number of methoxy groups -OCH3 is 3. The first kappa shape index (κ1) is 26.1. The molecular weight excluding hydrogens is 498 g/mol. The van der Waals surface area contributed by atoms with Crippen LogP contribution in [0.5, 0.6) is 23.0 Å². The lowest BCUT2D eigenvalue weighted by atomic mass is 9.85. The lowest BCUT2D eigenvalue weighted by Crippen LogP contribution is -2.20. The van der Waals surface area contributed by atoms with Crippen molar-refractivity contribution >= 4 is 5.97 Å². The second-order valence-electron chi connectivity index (χ2n) is 9.36. The van der Waals surface area contributed by atoms with E-state index < -0.39 is 0 Å². The number of benzene rings is 3. The van der Waals surface area contributed by atoms with Crippen molar-refractivity contribution in [2.45, 2.75) is 19.4 Å². The smallest absolute Gasteiger partial charge is 0.309 e. The van der Waals surface area contributed by atoms with Gasteiger partial charge in [0.15, 0.2) is 23.0 Å². The topological polar surface area (TPSA) is 93.9 Å². The van der Waals surface area contributed by atoms with Gasteiger partial charge in [-0.2, -0.15) is 0 Å². The van der Waals surface area contributed by atoms with Crippen LogP contribution in [0.3, 0.4) is 0 Å². The lowest BCUT2D eigenvalue weighted by Gasteiger charge is -2.17. The van der Waals surface area contributed by atoms with Crippen LogP contribution in [-0.2, 0) is 29.0 Å². The van der Waals surface area contributed by atoms with E-state index in [9.17, 15) is 4.79 Å². The molecule has 1 aliphatic heterocycles. The molecule has 0 unspecified atom stereocenters. The molecule has 2 heterocycles. The second-order valence-corrected chi connectivity index (χ2v) is 9.36. The molecule has 1 aliphatic rings. The van der Waals surface area contributed by atoms with E-state index in [4.69, 9.17) is 23.7 Å². The van der Waals surface area contributed by atoms with Crippen LogP contribution in [0.1, 0.15) is 16.8 Å². The van der Waals surface area contributed by atoms with Crippen LogP contribution in [0.4, 0.5) is 0 Å². The van der Waals surface area contributed by atoms with Crippen molar-refractivity contribution in [3.05, 3.63) is 89.7 Å². The van der Waals surface area contributed by atoms with Crippen LogP contribution in [0.2, 0.25) is 0 Å². The third kappa shape index (κ3) is 5.98. The summed E-state index contributed by atoms with van der Waals surface area (Å²) in [6.07, 6.45) is 3.07. The molecule has 0 spiro atoms. The summed E-state index contributed by atoms with van der Waals surface area (Å²) < 4.78 is 29.5. The number of aromatic nitrogens is 3. The Balaban J connectivity index is 1.24. The maximum atomic E-state index is 12.7. The fraction of sp³-hybridized carbons (Fsp3) is 0.300. The molecule has 4 aromatic rings. The van der Waals surface area contributed by atoms with Gasteiger partial charge in [-0.05, 0) is 60.4 Å². The van der Waals surface area contributed by atoms with E-state index in [2.05, 4.69) is 10.3 Å². The molecule has 0 aliphatic carbocycles. The summed E-state index contributed by atoms with van der Waals surface area (Å²) in [6, 6.07) is 21.3. The maximum Gasteiger partial charge on any atom is 0.309 e. The highest BCUT2D eigenvalue weighted by atomic mass is 16.5. The van der Waals surface area contributed by atoms with Gasteiger partial charge in [0, 0.05) is 5.92 Å². The van der Waals surface area contributed by atoms with Crippen molar-refractivity contribution in [1.29, 1.82) is 0 Å². The largest absolute Gasteiger partial charge is 0.493 e. The standard InChI is InChI=1S/C30H31N3O6/c1-35-26-11-9-20(15-28(26)36-2)13-22-18-39-30(34)25(22)14-21-10-12-27(29(16-21)37-3)38-19-23-17-33(32-31-23)24-7-5-4-6-8-24/h4-12,15-17,22,25H,13-14,18-19H2,1-3H3/t22-,25+/m0/s1. The van der Waals surface area contributed by atoms with E-state index in [0.717, 1.165) is 16.8 Å². The average Bonchev–Trinajstić information content (AvgIpc) is 3.59. The molecule has 202 valence electrons. The summed E-state index contributed by atoms with van der Waals surface area (Å²) in [6.45, 7) is 0.630. The van der Waals surface area contributed by atoms with E-state index in [-0.39, 0.29) is 24.4 Å². The third-order valence-corrected chi connectivity index (χ3v) is 6.88. The SMILES string of the molecule is COc1ccc(C[C@H]2COC(=O)[C@@H]2Cc2ccc(OCc3cn(-c4ccccc4)nn3)c(OC)c2)cc1OC. The van der Waals surface area contributed by atoms with E-state index in [1.165, 1.54) is 0 Å². The molecule has 0 saturated carbocycles. The number of nitrogens with zero attached hydrogens (tertiary/aromatic N) is 3. The van der Waals surface area contributed by atoms with Crippen molar-refractivity contribution < 1.29 is 28.5 Å². The zero-order valence-electron chi connectivity index (χ0n) is 22.2. The fourth-order valence-corrected chi connectivity index (χ4v) is 4.80. The third-order valence-electron chi connectivity index (χ3n) is 6.88. The Morgan fingerprint density at radius 2 is 1.51 bits per heavy atom. The molecule has 0 N–H and O–H groups in total. The molecule has 0 radical (unpaired) electrons. The molecule has 9 nitrogen and oxygen atoms in total. The first-order chi connectivity index (χ1) is 19.1. The highest BCUT2D eigenvalue weighted by Crippen LogP contribution is 2.35. The number of ether oxygens (including phenoxy) is 5. The van der Waals surface area contributed by atoms with Crippen molar-refractivity contribution in [1.82, 2.24) is 15.0 Å². The second kappa shape index (κ2) is 11.9. The van der Waals surface area contributed by atoms with Gasteiger partial charge in [-0.15, -0.1) is 5.10 Å². The minimum Gasteiger partial charge on any atom is -0.493 e. The van der Waals surface area contributed by atoms with Gasteiger partial charge in [-0.1, -0.05) is 35.5 Å². The van der Waals surface area contributed by atoms with Gasteiger partial charge in [0.05, 0.1) is 45.7 Å². The summed E-state index contributed by atoms with van der Waals surface area (Å²) in [5.41, 5.74) is 3.65. The molecule has 1 fully saturated rings. The lowest BCUT2D eigenvalue weighted by molar-refractivity contribution is -0.141. The molecule has 1 saturated heterocycles. The highest BCUT2D eigenvalue weighted by molar-refractivity contribution is 5.75. The number of rotatable bonds is 11. The average molecular weight is 530 g/mol. The first-order valence-corrected chi connectivity index (χ1v) is 12.7. The van der Waals surface area contributed by atoms with Crippen molar-refractivity contribution in [2.75, 3.05) is 27.9 Å². The Morgan fingerprint density at radius 3 is 2.23 bits per heavy atom. The van der Waals surface area contributed by atoms with Crippen molar-refractivity contribution in [3.63, 3.8) is 0 Å². The number of esters is 1. The number of carbonyl (C=O) groups excluding carboxylic acids is 1. The maximum absolute atomic E-state index is 12.7. The number of carbonyl (C=O) groups is 1. The molecular formula is C30H31N3O6. The number of cyclic esters (lactones) is 1.